The fraction of sp³-hybridized carbons (Fsp3) is 0.250. The van der Waals surface area contributed by atoms with Crippen LogP contribution in [0.1, 0.15) is 41.2 Å². The maximum Gasteiger partial charge on any atom is 0.246 e. The van der Waals surface area contributed by atoms with Gasteiger partial charge in [-0.1, -0.05) is 30.8 Å². The van der Waals surface area contributed by atoms with Crippen molar-refractivity contribution in [2.45, 2.75) is 31.7 Å². The number of fused-ring (bicyclic) bond motifs is 1. The van der Waals surface area contributed by atoms with E-state index in [-0.39, 0.29) is 29.7 Å². The summed E-state index contributed by atoms with van der Waals surface area (Å²) in [7, 11) is 0. The number of likely N-dealkylation sites (tertiary alicyclic amines) is 1. The molecule has 38 heavy (non-hydrogen) atoms. The van der Waals surface area contributed by atoms with Crippen LogP contribution in [0.3, 0.4) is 0 Å². The van der Waals surface area contributed by atoms with E-state index in [4.69, 9.17) is 10.8 Å². The quantitative estimate of drug-likeness (QED) is 0.286. The van der Waals surface area contributed by atoms with Crippen LogP contribution >= 0.6 is 0 Å². The fourth-order valence-corrected chi connectivity index (χ4v) is 4.88. The van der Waals surface area contributed by atoms with Crippen molar-refractivity contribution in [2.24, 2.45) is 0 Å². The first-order valence-corrected chi connectivity index (χ1v) is 12.3. The SMILES string of the molecule is C=CC(=O)N1CCCC(n2nc(-c3ccc(CCC(=O)c4cc(F)cc(F)c4)cc3)c3c(N)ncnc32)C1. The van der Waals surface area contributed by atoms with E-state index >= 15 is 0 Å². The Balaban J connectivity index is 1.39. The second-order valence-corrected chi connectivity index (χ2v) is 9.31. The van der Waals surface area contributed by atoms with Gasteiger partial charge in [-0.3, -0.25) is 9.59 Å². The third kappa shape index (κ3) is 5.02. The summed E-state index contributed by atoms with van der Waals surface area (Å²) < 4.78 is 28.7. The summed E-state index contributed by atoms with van der Waals surface area (Å²) >= 11 is 0. The molecule has 5 rings (SSSR count). The van der Waals surface area contributed by atoms with Crippen molar-refractivity contribution in [3.05, 3.63) is 84.2 Å². The number of ketones is 1. The Morgan fingerprint density at radius 3 is 2.55 bits per heavy atom. The number of nitrogens with two attached hydrogens (primary N) is 1. The molecule has 3 heterocycles. The number of rotatable bonds is 7. The number of hydrogen-bond acceptors (Lipinski definition) is 6. The van der Waals surface area contributed by atoms with E-state index in [0.29, 0.717) is 42.1 Å². The minimum Gasteiger partial charge on any atom is -0.383 e. The van der Waals surface area contributed by atoms with Crippen LogP contribution in [0.2, 0.25) is 0 Å². The minimum atomic E-state index is -0.777. The van der Waals surface area contributed by atoms with Crippen molar-refractivity contribution >= 4 is 28.5 Å². The zero-order chi connectivity index (χ0) is 26.8. The summed E-state index contributed by atoms with van der Waals surface area (Å²) in [6, 6.07) is 10.3. The number of halogens is 2. The number of carbonyl (C=O) groups is 2. The highest BCUT2D eigenvalue weighted by molar-refractivity contribution is 5.98. The van der Waals surface area contributed by atoms with Crippen LogP contribution in [0.25, 0.3) is 22.3 Å². The van der Waals surface area contributed by atoms with E-state index in [9.17, 15) is 18.4 Å². The number of anilines is 1. The Labute approximate surface area is 217 Å². The number of aryl methyl sites for hydroxylation is 1. The van der Waals surface area contributed by atoms with Crippen molar-refractivity contribution in [3.63, 3.8) is 0 Å². The van der Waals surface area contributed by atoms with Crippen molar-refractivity contribution < 1.29 is 18.4 Å². The highest BCUT2D eigenvalue weighted by Crippen LogP contribution is 2.34. The van der Waals surface area contributed by atoms with Gasteiger partial charge in [0, 0.05) is 36.7 Å². The Hall–Kier alpha value is -4.47. The topological polar surface area (TPSA) is 107 Å². The molecule has 0 bridgehead atoms. The Morgan fingerprint density at radius 2 is 1.84 bits per heavy atom. The summed E-state index contributed by atoms with van der Waals surface area (Å²) in [5.74, 6) is -1.69. The standard InChI is InChI=1S/C28H26F2N6O2/c1-2-24(38)35-11-3-4-22(15-35)36-28-25(27(31)32-16-33-28)26(34-36)18-8-5-17(6-9-18)7-10-23(37)19-12-20(29)14-21(30)13-19/h2,5-6,8-9,12-14,16,22H,1,3-4,7,10-11,15H2,(H2,31,32,33). The van der Waals surface area contributed by atoms with Gasteiger partial charge in [-0.15, -0.1) is 0 Å². The summed E-state index contributed by atoms with van der Waals surface area (Å²) in [6.45, 7) is 4.75. The summed E-state index contributed by atoms with van der Waals surface area (Å²) in [5, 5.41) is 5.50. The first-order chi connectivity index (χ1) is 18.3. The van der Waals surface area contributed by atoms with Crippen LogP contribution in [-0.2, 0) is 11.2 Å². The first-order valence-electron chi connectivity index (χ1n) is 12.3. The maximum atomic E-state index is 13.4. The van der Waals surface area contributed by atoms with E-state index in [2.05, 4.69) is 16.5 Å². The lowest BCUT2D eigenvalue weighted by Gasteiger charge is -2.32. The van der Waals surface area contributed by atoms with Gasteiger partial charge in [-0.05, 0) is 43.0 Å². The number of piperidine rings is 1. The molecule has 1 saturated heterocycles. The Bertz CT molecular complexity index is 1510. The van der Waals surface area contributed by atoms with Gasteiger partial charge in [-0.2, -0.15) is 5.10 Å². The molecule has 8 nitrogen and oxygen atoms in total. The third-order valence-electron chi connectivity index (χ3n) is 6.80. The van der Waals surface area contributed by atoms with Gasteiger partial charge >= 0.3 is 0 Å². The van der Waals surface area contributed by atoms with Crippen molar-refractivity contribution in [1.82, 2.24) is 24.6 Å². The van der Waals surface area contributed by atoms with Crippen LogP contribution in [0, 0.1) is 11.6 Å². The van der Waals surface area contributed by atoms with Gasteiger partial charge in [0.05, 0.1) is 11.4 Å². The number of nitrogens with zero attached hydrogens (tertiary/aromatic N) is 5. The molecule has 1 fully saturated rings. The summed E-state index contributed by atoms with van der Waals surface area (Å²) in [6.07, 6.45) is 4.91. The number of hydrogen-bond donors (Lipinski definition) is 1. The van der Waals surface area contributed by atoms with E-state index in [1.165, 1.54) is 12.4 Å². The summed E-state index contributed by atoms with van der Waals surface area (Å²) in [5.41, 5.74) is 9.18. The van der Waals surface area contributed by atoms with Crippen molar-refractivity contribution in [3.8, 4) is 11.3 Å². The largest absolute Gasteiger partial charge is 0.383 e. The lowest BCUT2D eigenvalue weighted by atomic mass is 10.0. The Morgan fingerprint density at radius 1 is 1.11 bits per heavy atom. The molecule has 2 N–H and O–H groups in total. The molecule has 0 spiro atoms. The van der Waals surface area contributed by atoms with Crippen molar-refractivity contribution in [1.29, 1.82) is 0 Å². The molecule has 1 unspecified atom stereocenters. The molecule has 194 valence electrons. The molecule has 2 aromatic carbocycles. The number of nitrogen functional groups attached to an aromatic ring is 1. The fourth-order valence-electron chi connectivity index (χ4n) is 4.88. The minimum absolute atomic E-state index is 0.0164. The first kappa shape index (κ1) is 25.2. The smallest absolute Gasteiger partial charge is 0.246 e. The van der Waals surface area contributed by atoms with Crippen LogP contribution in [0.5, 0.6) is 0 Å². The zero-order valence-corrected chi connectivity index (χ0v) is 20.6. The number of aromatic nitrogens is 4. The molecule has 4 aromatic rings. The predicted molar refractivity (Wildman–Crippen MR) is 139 cm³/mol. The molecule has 1 amide bonds. The molecule has 1 aliphatic rings. The molecule has 0 saturated carbocycles. The lowest BCUT2D eigenvalue weighted by Crippen LogP contribution is -2.40. The normalized spacial score (nSPS) is 15.5. The van der Waals surface area contributed by atoms with Crippen LogP contribution in [0.15, 0.2) is 61.4 Å². The van der Waals surface area contributed by atoms with Crippen LogP contribution in [0.4, 0.5) is 14.6 Å². The third-order valence-corrected chi connectivity index (χ3v) is 6.80. The monoisotopic (exact) mass is 516 g/mol. The van der Waals surface area contributed by atoms with Gasteiger partial charge in [-0.25, -0.2) is 23.4 Å². The predicted octanol–water partition coefficient (Wildman–Crippen LogP) is 4.52. The van der Waals surface area contributed by atoms with E-state index < -0.39 is 11.6 Å². The lowest BCUT2D eigenvalue weighted by molar-refractivity contribution is -0.127. The average molecular weight is 517 g/mol. The number of amides is 1. The average Bonchev–Trinajstić information content (AvgIpc) is 3.32. The zero-order valence-electron chi connectivity index (χ0n) is 20.6. The highest BCUT2D eigenvalue weighted by atomic mass is 19.1. The van der Waals surface area contributed by atoms with Crippen LogP contribution < -0.4 is 5.73 Å². The highest BCUT2D eigenvalue weighted by Gasteiger charge is 2.28. The van der Waals surface area contributed by atoms with E-state index in [0.717, 1.165) is 42.2 Å². The molecular weight excluding hydrogens is 490 g/mol. The van der Waals surface area contributed by atoms with E-state index in [1.54, 1.807) is 4.90 Å². The second-order valence-electron chi connectivity index (χ2n) is 9.31. The van der Waals surface area contributed by atoms with E-state index in [1.807, 2.05) is 28.9 Å². The molecule has 2 aromatic heterocycles. The van der Waals surface area contributed by atoms with Crippen LogP contribution in [-0.4, -0.2) is 49.4 Å². The van der Waals surface area contributed by atoms with Gasteiger partial charge < -0.3 is 10.6 Å². The number of carbonyl (C=O) groups excluding carboxylic acids is 2. The van der Waals surface area contributed by atoms with Gasteiger partial charge in [0.1, 0.15) is 29.5 Å². The molecule has 1 atom stereocenters. The number of Topliss-reactive ketones (excluding diaryl/α,β-unsaturated/α-hetero) is 1. The Kier molecular flexibility index (Phi) is 6.95. The summed E-state index contributed by atoms with van der Waals surface area (Å²) in [4.78, 5) is 35.0. The van der Waals surface area contributed by atoms with Gasteiger partial charge in [0.2, 0.25) is 5.91 Å². The van der Waals surface area contributed by atoms with Gasteiger partial charge in [0.25, 0.3) is 0 Å². The second kappa shape index (κ2) is 10.5. The van der Waals surface area contributed by atoms with Gasteiger partial charge in [0.15, 0.2) is 11.4 Å². The number of benzene rings is 2. The molecule has 0 radical (unpaired) electrons. The molecular formula is C28H26F2N6O2. The molecule has 1 aliphatic heterocycles. The van der Waals surface area contributed by atoms with Crippen molar-refractivity contribution in [2.75, 3.05) is 18.8 Å². The molecule has 10 heteroatoms. The maximum absolute atomic E-state index is 13.4. The molecule has 0 aliphatic carbocycles.